The molecule has 21 heavy (non-hydrogen) atoms. The fourth-order valence-corrected chi connectivity index (χ4v) is 1.48. The molecule has 0 spiro atoms. The molecule has 0 aliphatic carbocycles. The highest BCUT2D eigenvalue weighted by atomic mass is 16.5. The number of aryl methyl sites for hydroxylation is 1. The minimum Gasteiger partial charge on any atom is -0.452 e. The van der Waals surface area contributed by atoms with Crippen LogP contribution < -0.4 is 5.32 Å². The standard InChI is InChI=1S/C15H14N2O4/c1-11-2-4-12(5-3-11)6-7-15(19)20-10-14(18)16-13-8-9-21-17-13/h2-9H,10H2,1H3,(H,16,17,18). The van der Waals surface area contributed by atoms with Crippen molar-refractivity contribution in [2.75, 3.05) is 11.9 Å². The van der Waals surface area contributed by atoms with Gasteiger partial charge in [0.2, 0.25) is 0 Å². The Morgan fingerprint density at radius 1 is 1.29 bits per heavy atom. The van der Waals surface area contributed by atoms with Gasteiger partial charge in [0.05, 0.1) is 0 Å². The molecule has 1 aromatic carbocycles. The smallest absolute Gasteiger partial charge is 0.331 e. The van der Waals surface area contributed by atoms with E-state index >= 15 is 0 Å². The van der Waals surface area contributed by atoms with Crippen LogP contribution >= 0.6 is 0 Å². The molecule has 0 atom stereocenters. The van der Waals surface area contributed by atoms with Crippen molar-refractivity contribution in [3.8, 4) is 0 Å². The van der Waals surface area contributed by atoms with Gasteiger partial charge in [0, 0.05) is 12.1 Å². The second-order valence-electron chi connectivity index (χ2n) is 4.28. The largest absolute Gasteiger partial charge is 0.452 e. The zero-order chi connectivity index (χ0) is 15.1. The van der Waals surface area contributed by atoms with Crippen LogP contribution in [-0.4, -0.2) is 23.6 Å². The van der Waals surface area contributed by atoms with Crippen molar-refractivity contribution in [3.05, 3.63) is 53.8 Å². The molecule has 1 N–H and O–H groups in total. The monoisotopic (exact) mass is 286 g/mol. The summed E-state index contributed by atoms with van der Waals surface area (Å²) in [6.45, 7) is 1.60. The number of esters is 1. The molecule has 0 bridgehead atoms. The highest BCUT2D eigenvalue weighted by Gasteiger charge is 2.06. The lowest BCUT2D eigenvalue weighted by atomic mass is 10.1. The number of nitrogens with zero attached hydrogens (tertiary/aromatic N) is 1. The Morgan fingerprint density at radius 3 is 2.71 bits per heavy atom. The summed E-state index contributed by atoms with van der Waals surface area (Å²) in [5, 5.41) is 5.92. The molecule has 0 aliphatic heterocycles. The van der Waals surface area contributed by atoms with Crippen LogP contribution in [-0.2, 0) is 14.3 Å². The van der Waals surface area contributed by atoms with E-state index in [1.165, 1.54) is 18.4 Å². The van der Waals surface area contributed by atoms with Crippen LogP contribution in [0.4, 0.5) is 5.82 Å². The molecule has 0 saturated heterocycles. The first-order valence-electron chi connectivity index (χ1n) is 6.25. The van der Waals surface area contributed by atoms with Gasteiger partial charge < -0.3 is 14.6 Å². The number of amides is 1. The van der Waals surface area contributed by atoms with Gasteiger partial charge in [-0.2, -0.15) is 0 Å². The quantitative estimate of drug-likeness (QED) is 0.673. The van der Waals surface area contributed by atoms with E-state index in [2.05, 4.69) is 15.0 Å². The van der Waals surface area contributed by atoms with Crippen molar-refractivity contribution in [1.82, 2.24) is 5.16 Å². The Morgan fingerprint density at radius 2 is 2.05 bits per heavy atom. The lowest BCUT2D eigenvalue weighted by Crippen LogP contribution is -2.20. The van der Waals surface area contributed by atoms with Crippen LogP contribution in [0.3, 0.4) is 0 Å². The zero-order valence-electron chi connectivity index (χ0n) is 11.4. The maximum Gasteiger partial charge on any atom is 0.331 e. The van der Waals surface area contributed by atoms with Crippen LogP contribution in [0.15, 0.2) is 47.2 Å². The van der Waals surface area contributed by atoms with Crippen molar-refractivity contribution in [1.29, 1.82) is 0 Å². The molecule has 6 heteroatoms. The van der Waals surface area contributed by atoms with Crippen molar-refractivity contribution in [2.45, 2.75) is 6.92 Å². The maximum atomic E-state index is 11.5. The number of ether oxygens (including phenoxy) is 1. The van der Waals surface area contributed by atoms with Crippen molar-refractivity contribution >= 4 is 23.8 Å². The summed E-state index contributed by atoms with van der Waals surface area (Å²) >= 11 is 0. The molecular formula is C15H14N2O4. The van der Waals surface area contributed by atoms with Gasteiger partial charge in [-0.15, -0.1) is 0 Å². The summed E-state index contributed by atoms with van der Waals surface area (Å²) in [5.74, 6) is -0.807. The number of hydrogen-bond acceptors (Lipinski definition) is 5. The molecule has 0 aliphatic rings. The summed E-state index contributed by atoms with van der Waals surface area (Å²) in [5.41, 5.74) is 2.02. The van der Waals surface area contributed by atoms with Gasteiger partial charge in [0.15, 0.2) is 12.4 Å². The average molecular weight is 286 g/mol. The van der Waals surface area contributed by atoms with Gasteiger partial charge in [-0.3, -0.25) is 4.79 Å². The first-order chi connectivity index (χ1) is 10.1. The minimum atomic E-state index is -0.592. The maximum absolute atomic E-state index is 11.5. The highest BCUT2D eigenvalue weighted by Crippen LogP contribution is 2.05. The molecule has 0 saturated carbocycles. The van der Waals surface area contributed by atoms with E-state index in [0.29, 0.717) is 0 Å². The van der Waals surface area contributed by atoms with Crippen molar-refractivity contribution in [2.24, 2.45) is 0 Å². The second kappa shape index (κ2) is 7.04. The summed E-state index contributed by atoms with van der Waals surface area (Å²) in [6, 6.07) is 9.14. The Kier molecular flexibility index (Phi) is 4.87. The normalized spacial score (nSPS) is 10.5. The Bertz CT molecular complexity index is 630. The number of anilines is 1. The van der Waals surface area contributed by atoms with Gasteiger partial charge in [-0.05, 0) is 18.6 Å². The Balaban J connectivity index is 1.76. The molecule has 0 fully saturated rings. The molecule has 2 aromatic rings. The van der Waals surface area contributed by atoms with Gasteiger partial charge in [-0.25, -0.2) is 4.79 Å². The highest BCUT2D eigenvalue weighted by molar-refractivity contribution is 5.93. The van der Waals surface area contributed by atoms with Crippen LogP contribution in [0.5, 0.6) is 0 Å². The van der Waals surface area contributed by atoms with Gasteiger partial charge in [0.25, 0.3) is 5.91 Å². The van der Waals surface area contributed by atoms with Crippen LogP contribution in [0, 0.1) is 6.92 Å². The number of carbonyl (C=O) groups is 2. The van der Waals surface area contributed by atoms with Crippen molar-refractivity contribution < 1.29 is 18.8 Å². The summed E-state index contributed by atoms with van der Waals surface area (Å²) < 4.78 is 9.36. The van der Waals surface area contributed by atoms with E-state index in [-0.39, 0.29) is 12.4 Å². The van der Waals surface area contributed by atoms with Crippen molar-refractivity contribution in [3.63, 3.8) is 0 Å². The molecule has 1 amide bonds. The number of aromatic nitrogens is 1. The Hall–Kier alpha value is -2.89. The van der Waals surface area contributed by atoms with Crippen LogP contribution in [0.25, 0.3) is 6.08 Å². The minimum absolute atomic E-state index is 0.270. The van der Waals surface area contributed by atoms with Gasteiger partial charge in [0.1, 0.15) is 6.26 Å². The third-order valence-electron chi connectivity index (χ3n) is 2.54. The van der Waals surface area contributed by atoms with E-state index in [4.69, 9.17) is 4.74 Å². The molecule has 0 radical (unpaired) electrons. The first kappa shape index (κ1) is 14.5. The number of nitrogens with one attached hydrogen (secondary N) is 1. The van der Waals surface area contributed by atoms with E-state index in [1.54, 1.807) is 6.08 Å². The molecule has 2 rings (SSSR count). The summed E-state index contributed by atoms with van der Waals surface area (Å²) in [6.07, 6.45) is 4.22. The Labute approximate surface area is 121 Å². The third-order valence-corrected chi connectivity index (χ3v) is 2.54. The van der Waals surface area contributed by atoms with Crippen LogP contribution in [0.1, 0.15) is 11.1 Å². The van der Waals surface area contributed by atoms with Crippen LogP contribution in [0.2, 0.25) is 0 Å². The molecule has 108 valence electrons. The molecule has 1 heterocycles. The van der Waals surface area contributed by atoms with Gasteiger partial charge in [-0.1, -0.05) is 35.0 Å². The number of hydrogen-bond donors (Lipinski definition) is 1. The number of carbonyl (C=O) groups excluding carboxylic acids is 2. The topological polar surface area (TPSA) is 81.4 Å². The molecule has 6 nitrogen and oxygen atoms in total. The van der Waals surface area contributed by atoms with E-state index in [9.17, 15) is 9.59 Å². The second-order valence-corrected chi connectivity index (χ2v) is 4.28. The summed E-state index contributed by atoms with van der Waals surface area (Å²) in [4.78, 5) is 22.9. The fraction of sp³-hybridized carbons (Fsp3) is 0.133. The number of benzene rings is 1. The fourth-order valence-electron chi connectivity index (χ4n) is 1.48. The molecule has 0 unspecified atom stereocenters. The lowest BCUT2D eigenvalue weighted by molar-refractivity contribution is -0.142. The third kappa shape index (κ3) is 4.94. The lowest BCUT2D eigenvalue weighted by Gasteiger charge is -2.01. The molecular weight excluding hydrogens is 272 g/mol. The van der Waals surface area contributed by atoms with E-state index in [1.807, 2.05) is 31.2 Å². The van der Waals surface area contributed by atoms with E-state index < -0.39 is 11.9 Å². The SMILES string of the molecule is Cc1ccc(C=CC(=O)OCC(=O)Nc2ccon2)cc1. The van der Waals surface area contributed by atoms with Gasteiger partial charge >= 0.3 is 5.97 Å². The summed E-state index contributed by atoms with van der Waals surface area (Å²) in [7, 11) is 0. The molecule has 1 aromatic heterocycles. The zero-order valence-corrected chi connectivity index (χ0v) is 11.4. The van der Waals surface area contributed by atoms with E-state index in [0.717, 1.165) is 11.1 Å². The predicted octanol–water partition coefficient (Wildman–Crippen LogP) is 2.18. The number of rotatable bonds is 5. The average Bonchev–Trinajstić information content (AvgIpc) is 2.97. The predicted molar refractivity (Wildman–Crippen MR) is 76.3 cm³/mol. The first-order valence-corrected chi connectivity index (χ1v) is 6.25.